The number of carbonyl (C=O) groups is 1. The molecule has 0 unspecified atom stereocenters. The molecule has 1 aromatic rings. The molecular weight excluding hydrogens is 250 g/mol. The number of carbonyl (C=O) groups excluding carboxylic acids is 1. The Balaban J connectivity index is 2.02. The molecule has 1 N–H and O–H groups in total. The number of rotatable bonds is 5. The molecule has 1 aromatic carbocycles. The van der Waals surface area contributed by atoms with Gasteiger partial charge in [-0.1, -0.05) is 30.2 Å². The van der Waals surface area contributed by atoms with Crippen molar-refractivity contribution in [3.05, 3.63) is 34.9 Å². The van der Waals surface area contributed by atoms with Crippen LogP contribution in [-0.4, -0.2) is 26.2 Å². The summed E-state index contributed by atoms with van der Waals surface area (Å²) in [4.78, 5) is 11.5. The molecule has 1 amide bonds. The number of hydrogen-bond acceptors (Lipinski definition) is 2. The van der Waals surface area contributed by atoms with Crippen LogP contribution in [-0.2, 0) is 14.9 Å². The van der Waals surface area contributed by atoms with Gasteiger partial charge in [0.2, 0.25) is 5.91 Å². The monoisotopic (exact) mass is 267 g/mol. The predicted molar refractivity (Wildman–Crippen MR) is 71.9 cm³/mol. The molecule has 0 aromatic heterocycles. The van der Waals surface area contributed by atoms with Crippen molar-refractivity contribution in [3.63, 3.8) is 0 Å². The number of methoxy groups -OCH3 is 1. The molecule has 1 fully saturated rings. The Morgan fingerprint density at radius 3 is 2.56 bits per heavy atom. The van der Waals surface area contributed by atoms with Crippen LogP contribution >= 0.6 is 11.6 Å². The van der Waals surface area contributed by atoms with Crippen LogP contribution in [0.2, 0.25) is 5.02 Å². The second-order valence-electron chi connectivity index (χ2n) is 4.85. The highest BCUT2D eigenvalue weighted by Gasteiger charge is 2.38. The van der Waals surface area contributed by atoms with Crippen LogP contribution in [0.1, 0.15) is 24.8 Å². The summed E-state index contributed by atoms with van der Waals surface area (Å²) in [5.41, 5.74) is 1.35. The highest BCUT2D eigenvalue weighted by molar-refractivity contribution is 6.30. The molecule has 0 spiro atoms. The Hall–Kier alpha value is -1.06. The van der Waals surface area contributed by atoms with Gasteiger partial charge in [-0.25, -0.2) is 0 Å². The van der Waals surface area contributed by atoms with Gasteiger partial charge >= 0.3 is 0 Å². The zero-order chi connectivity index (χ0) is 13.0. The molecule has 3 nitrogen and oxygen atoms in total. The van der Waals surface area contributed by atoms with E-state index in [-0.39, 0.29) is 17.9 Å². The molecular formula is C14H18ClNO2. The minimum atomic E-state index is -0.0576. The number of benzene rings is 1. The summed E-state index contributed by atoms with van der Waals surface area (Å²) in [6, 6.07) is 7.94. The standard InChI is InChI=1S/C14H18ClNO2/c1-18-9-13(17)16-10-14(7-2-8-14)11-3-5-12(15)6-4-11/h3-6H,2,7-10H2,1H3,(H,16,17). The maximum Gasteiger partial charge on any atom is 0.246 e. The summed E-state index contributed by atoms with van der Waals surface area (Å²) in [7, 11) is 1.53. The quantitative estimate of drug-likeness (QED) is 0.890. The van der Waals surface area contributed by atoms with Crippen LogP contribution in [0.25, 0.3) is 0 Å². The molecule has 98 valence electrons. The maximum absolute atomic E-state index is 11.5. The lowest BCUT2D eigenvalue weighted by atomic mass is 9.64. The van der Waals surface area contributed by atoms with Crippen LogP contribution in [0.15, 0.2) is 24.3 Å². The Morgan fingerprint density at radius 1 is 1.39 bits per heavy atom. The molecule has 0 bridgehead atoms. The van der Waals surface area contributed by atoms with Gasteiger partial charge < -0.3 is 10.1 Å². The lowest BCUT2D eigenvalue weighted by Gasteiger charge is -2.42. The van der Waals surface area contributed by atoms with Crippen LogP contribution in [0.3, 0.4) is 0 Å². The maximum atomic E-state index is 11.5. The number of nitrogens with one attached hydrogen (secondary N) is 1. The molecule has 0 aliphatic heterocycles. The van der Waals surface area contributed by atoms with E-state index in [1.54, 1.807) is 0 Å². The minimum Gasteiger partial charge on any atom is -0.375 e. The van der Waals surface area contributed by atoms with E-state index in [1.807, 2.05) is 12.1 Å². The zero-order valence-corrected chi connectivity index (χ0v) is 11.3. The average molecular weight is 268 g/mol. The molecule has 0 radical (unpaired) electrons. The first-order valence-electron chi connectivity index (χ1n) is 6.18. The SMILES string of the molecule is COCC(=O)NCC1(c2ccc(Cl)cc2)CCC1. The zero-order valence-electron chi connectivity index (χ0n) is 10.5. The van der Waals surface area contributed by atoms with Crippen molar-refractivity contribution in [2.24, 2.45) is 0 Å². The molecule has 0 heterocycles. The summed E-state index contributed by atoms with van der Waals surface area (Å²) < 4.78 is 4.81. The van der Waals surface area contributed by atoms with Gasteiger partial charge in [-0.05, 0) is 30.5 Å². The molecule has 1 saturated carbocycles. The lowest BCUT2D eigenvalue weighted by Crippen LogP contribution is -2.46. The molecule has 2 rings (SSSR count). The van der Waals surface area contributed by atoms with Gasteiger partial charge in [-0.3, -0.25) is 4.79 Å². The fourth-order valence-corrected chi connectivity index (χ4v) is 2.55. The second-order valence-corrected chi connectivity index (χ2v) is 5.29. The second kappa shape index (κ2) is 5.72. The van der Waals surface area contributed by atoms with E-state index in [0.717, 1.165) is 17.9 Å². The number of hydrogen-bond donors (Lipinski definition) is 1. The summed E-state index contributed by atoms with van der Waals surface area (Å²) in [6.07, 6.45) is 3.44. The van der Waals surface area contributed by atoms with Gasteiger partial charge in [0.15, 0.2) is 0 Å². The smallest absolute Gasteiger partial charge is 0.246 e. The van der Waals surface area contributed by atoms with Crippen molar-refractivity contribution in [1.29, 1.82) is 0 Å². The van der Waals surface area contributed by atoms with Crippen molar-refractivity contribution in [3.8, 4) is 0 Å². The van der Waals surface area contributed by atoms with Crippen LogP contribution in [0, 0.1) is 0 Å². The summed E-state index contributed by atoms with van der Waals surface area (Å²) in [5.74, 6) is -0.0576. The van der Waals surface area contributed by atoms with Gasteiger partial charge in [0, 0.05) is 24.1 Å². The summed E-state index contributed by atoms with van der Waals surface area (Å²) >= 11 is 5.91. The van der Waals surface area contributed by atoms with Crippen molar-refractivity contribution >= 4 is 17.5 Å². The highest BCUT2D eigenvalue weighted by atomic mass is 35.5. The molecule has 0 saturated heterocycles. The first kappa shape index (κ1) is 13.4. The van der Waals surface area contributed by atoms with Gasteiger partial charge in [0.1, 0.15) is 6.61 Å². The largest absolute Gasteiger partial charge is 0.375 e. The number of ether oxygens (including phenoxy) is 1. The highest BCUT2D eigenvalue weighted by Crippen LogP contribution is 2.43. The molecule has 4 heteroatoms. The fraction of sp³-hybridized carbons (Fsp3) is 0.500. The molecule has 18 heavy (non-hydrogen) atoms. The van der Waals surface area contributed by atoms with E-state index in [9.17, 15) is 4.79 Å². The van der Waals surface area contributed by atoms with Crippen molar-refractivity contribution < 1.29 is 9.53 Å². The Kier molecular flexibility index (Phi) is 4.25. The van der Waals surface area contributed by atoms with Gasteiger partial charge in [0.25, 0.3) is 0 Å². The first-order chi connectivity index (χ1) is 8.66. The summed E-state index contributed by atoms with van der Waals surface area (Å²) in [6.45, 7) is 0.799. The normalized spacial score (nSPS) is 17.0. The predicted octanol–water partition coefficient (Wildman–Crippen LogP) is 2.52. The van der Waals surface area contributed by atoms with Crippen molar-refractivity contribution in [2.45, 2.75) is 24.7 Å². The van der Waals surface area contributed by atoms with Gasteiger partial charge in [-0.15, -0.1) is 0 Å². The molecule has 1 aliphatic rings. The third-order valence-corrected chi connectivity index (χ3v) is 3.92. The minimum absolute atomic E-state index is 0.0576. The third-order valence-electron chi connectivity index (χ3n) is 3.67. The van der Waals surface area contributed by atoms with E-state index in [1.165, 1.54) is 19.1 Å². The van der Waals surface area contributed by atoms with Crippen LogP contribution in [0.4, 0.5) is 0 Å². The van der Waals surface area contributed by atoms with Crippen molar-refractivity contribution in [2.75, 3.05) is 20.3 Å². The van der Waals surface area contributed by atoms with E-state index < -0.39 is 0 Å². The van der Waals surface area contributed by atoms with Crippen LogP contribution < -0.4 is 5.32 Å². The van der Waals surface area contributed by atoms with Crippen molar-refractivity contribution in [1.82, 2.24) is 5.32 Å². The average Bonchev–Trinajstić information content (AvgIpc) is 2.30. The van der Waals surface area contributed by atoms with Gasteiger partial charge in [0.05, 0.1) is 0 Å². The van der Waals surface area contributed by atoms with E-state index >= 15 is 0 Å². The van der Waals surface area contributed by atoms with Crippen LogP contribution in [0.5, 0.6) is 0 Å². The molecule has 1 aliphatic carbocycles. The topological polar surface area (TPSA) is 38.3 Å². The van der Waals surface area contributed by atoms with E-state index in [4.69, 9.17) is 16.3 Å². The van der Waals surface area contributed by atoms with E-state index in [2.05, 4.69) is 17.4 Å². The number of halogens is 1. The Morgan fingerprint density at radius 2 is 2.06 bits per heavy atom. The Bertz CT molecular complexity index is 412. The lowest BCUT2D eigenvalue weighted by molar-refractivity contribution is -0.125. The first-order valence-corrected chi connectivity index (χ1v) is 6.56. The summed E-state index contributed by atoms with van der Waals surface area (Å²) in [5, 5.41) is 3.69. The fourth-order valence-electron chi connectivity index (χ4n) is 2.42. The molecule has 0 atom stereocenters. The third kappa shape index (κ3) is 2.85. The number of amides is 1. The van der Waals surface area contributed by atoms with E-state index in [0.29, 0.717) is 6.54 Å². The van der Waals surface area contributed by atoms with Gasteiger partial charge in [-0.2, -0.15) is 0 Å². The Labute approximate surface area is 112 Å².